The predicted octanol–water partition coefficient (Wildman–Crippen LogP) is 2.77. The van der Waals surface area contributed by atoms with E-state index in [1.807, 2.05) is 25.7 Å². The maximum absolute atomic E-state index is 12.0. The van der Waals surface area contributed by atoms with E-state index >= 15 is 0 Å². The molecule has 110 valence electrons. The van der Waals surface area contributed by atoms with Crippen LogP contribution in [0.3, 0.4) is 0 Å². The van der Waals surface area contributed by atoms with Gasteiger partial charge in [-0.15, -0.1) is 0 Å². The Labute approximate surface area is 116 Å². The number of carbonyl (C=O) groups is 1. The van der Waals surface area contributed by atoms with Gasteiger partial charge in [-0.05, 0) is 52.4 Å². The fourth-order valence-electron chi connectivity index (χ4n) is 2.78. The van der Waals surface area contributed by atoms with Crippen molar-refractivity contribution in [3.63, 3.8) is 0 Å². The molecule has 4 nitrogen and oxygen atoms in total. The first-order valence-corrected chi connectivity index (χ1v) is 7.63. The number of nitrogens with one attached hydrogen (secondary N) is 1. The Kier molecular flexibility index (Phi) is 4.39. The topological polar surface area (TPSA) is 41.6 Å². The van der Waals surface area contributed by atoms with Crippen molar-refractivity contribution in [2.24, 2.45) is 5.92 Å². The molecule has 1 aliphatic carbocycles. The number of hydrogen-bond donors (Lipinski definition) is 1. The first kappa shape index (κ1) is 14.6. The minimum atomic E-state index is -0.400. The van der Waals surface area contributed by atoms with E-state index in [2.05, 4.69) is 12.2 Å². The molecule has 0 radical (unpaired) electrons. The van der Waals surface area contributed by atoms with Crippen LogP contribution in [0.25, 0.3) is 0 Å². The highest BCUT2D eigenvalue weighted by atomic mass is 16.6. The summed E-state index contributed by atoms with van der Waals surface area (Å²) in [5.74, 6) is 0.876. The zero-order valence-electron chi connectivity index (χ0n) is 12.7. The summed E-state index contributed by atoms with van der Waals surface area (Å²) in [6.45, 7) is 9.59. The third-order valence-corrected chi connectivity index (χ3v) is 3.92. The molecular formula is C15H28N2O2. The van der Waals surface area contributed by atoms with Crippen LogP contribution in [0, 0.1) is 5.92 Å². The zero-order valence-corrected chi connectivity index (χ0v) is 12.7. The lowest BCUT2D eigenvalue weighted by molar-refractivity contribution is 0.0290. The summed E-state index contributed by atoms with van der Waals surface area (Å²) in [4.78, 5) is 13.8. The Morgan fingerprint density at radius 3 is 2.58 bits per heavy atom. The number of likely N-dealkylation sites (tertiary alicyclic amines) is 1. The quantitative estimate of drug-likeness (QED) is 0.852. The molecule has 2 unspecified atom stereocenters. The van der Waals surface area contributed by atoms with Crippen molar-refractivity contribution in [2.75, 3.05) is 13.1 Å². The molecule has 1 aliphatic heterocycles. The Bertz CT molecular complexity index is 321. The molecule has 2 atom stereocenters. The van der Waals surface area contributed by atoms with Crippen LogP contribution in [0.5, 0.6) is 0 Å². The second kappa shape index (κ2) is 5.70. The fourth-order valence-corrected chi connectivity index (χ4v) is 2.78. The molecule has 1 saturated carbocycles. The second-order valence-corrected chi connectivity index (χ2v) is 6.93. The van der Waals surface area contributed by atoms with Gasteiger partial charge < -0.3 is 15.0 Å². The van der Waals surface area contributed by atoms with Gasteiger partial charge in [0.2, 0.25) is 0 Å². The molecule has 0 aromatic heterocycles. The van der Waals surface area contributed by atoms with Crippen molar-refractivity contribution in [1.29, 1.82) is 0 Å². The Morgan fingerprint density at radius 2 is 2.05 bits per heavy atom. The second-order valence-electron chi connectivity index (χ2n) is 6.93. The summed E-state index contributed by atoms with van der Waals surface area (Å²) in [6, 6.07) is 1.08. The van der Waals surface area contributed by atoms with E-state index < -0.39 is 5.60 Å². The fraction of sp³-hybridized carbons (Fsp3) is 0.933. The first-order valence-electron chi connectivity index (χ1n) is 7.63. The van der Waals surface area contributed by atoms with E-state index in [1.165, 1.54) is 19.3 Å². The molecule has 2 fully saturated rings. The molecular weight excluding hydrogens is 240 g/mol. The van der Waals surface area contributed by atoms with Crippen LogP contribution in [-0.2, 0) is 4.74 Å². The summed E-state index contributed by atoms with van der Waals surface area (Å²) in [5, 5.41) is 3.73. The summed E-state index contributed by atoms with van der Waals surface area (Å²) in [5.41, 5.74) is -0.400. The van der Waals surface area contributed by atoms with Gasteiger partial charge in [-0.1, -0.05) is 6.92 Å². The minimum Gasteiger partial charge on any atom is -0.444 e. The van der Waals surface area contributed by atoms with Crippen molar-refractivity contribution in [3.05, 3.63) is 0 Å². The first-order chi connectivity index (χ1) is 8.89. The Morgan fingerprint density at radius 1 is 1.37 bits per heavy atom. The molecule has 2 rings (SSSR count). The van der Waals surface area contributed by atoms with Gasteiger partial charge in [-0.3, -0.25) is 0 Å². The van der Waals surface area contributed by atoms with Crippen LogP contribution in [0.4, 0.5) is 4.79 Å². The summed E-state index contributed by atoms with van der Waals surface area (Å²) in [7, 11) is 0. The molecule has 19 heavy (non-hydrogen) atoms. The molecule has 2 aliphatic rings. The summed E-state index contributed by atoms with van der Waals surface area (Å²) in [6.07, 6.45) is 4.80. The largest absolute Gasteiger partial charge is 0.444 e. The van der Waals surface area contributed by atoms with Gasteiger partial charge in [0.1, 0.15) is 5.60 Å². The van der Waals surface area contributed by atoms with Crippen molar-refractivity contribution in [1.82, 2.24) is 10.2 Å². The van der Waals surface area contributed by atoms with Crippen LogP contribution in [0.1, 0.15) is 53.4 Å². The van der Waals surface area contributed by atoms with Gasteiger partial charge in [0, 0.05) is 25.2 Å². The van der Waals surface area contributed by atoms with Crippen molar-refractivity contribution >= 4 is 6.09 Å². The number of nitrogens with zero attached hydrogens (tertiary/aromatic N) is 1. The van der Waals surface area contributed by atoms with Crippen molar-refractivity contribution < 1.29 is 9.53 Å². The van der Waals surface area contributed by atoms with Gasteiger partial charge in [-0.2, -0.15) is 0 Å². The minimum absolute atomic E-state index is 0.170. The predicted molar refractivity (Wildman–Crippen MR) is 76.2 cm³/mol. The molecule has 1 heterocycles. The number of rotatable bonds is 4. The van der Waals surface area contributed by atoms with E-state index in [0.29, 0.717) is 12.1 Å². The lowest BCUT2D eigenvalue weighted by Gasteiger charge is -2.25. The lowest BCUT2D eigenvalue weighted by atomic mass is 10.1. The lowest BCUT2D eigenvalue weighted by Crippen LogP contribution is -2.42. The number of carbonyl (C=O) groups excluding carboxylic acids is 1. The number of ether oxygens (including phenoxy) is 1. The Balaban J connectivity index is 1.77. The monoisotopic (exact) mass is 268 g/mol. The van der Waals surface area contributed by atoms with Gasteiger partial charge in [-0.25, -0.2) is 4.79 Å². The normalized spacial score (nSPS) is 25.5. The van der Waals surface area contributed by atoms with Gasteiger partial charge in [0.25, 0.3) is 0 Å². The van der Waals surface area contributed by atoms with Crippen LogP contribution < -0.4 is 5.32 Å². The summed E-state index contributed by atoms with van der Waals surface area (Å²) >= 11 is 0. The molecule has 0 bridgehead atoms. The number of amides is 1. The van der Waals surface area contributed by atoms with Gasteiger partial charge >= 0.3 is 6.09 Å². The average Bonchev–Trinajstić information content (AvgIpc) is 3.03. The van der Waals surface area contributed by atoms with Gasteiger partial charge in [0.05, 0.1) is 0 Å². The van der Waals surface area contributed by atoms with Crippen molar-refractivity contribution in [2.45, 2.75) is 71.1 Å². The zero-order chi connectivity index (χ0) is 14.0. The third-order valence-electron chi connectivity index (χ3n) is 3.92. The maximum Gasteiger partial charge on any atom is 0.410 e. The van der Waals surface area contributed by atoms with Crippen LogP contribution in [0.2, 0.25) is 0 Å². The van der Waals surface area contributed by atoms with E-state index in [0.717, 1.165) is 25.4 Å². The van der Waals surface area contributed by atoms with E-state index in [1.54, 1.807) is 0 Å². The highest BCUT2D eigenvalue weighted by Crippen LogP contribution is 2.34. The molecule has 0 aromatic carbocycles. The van der Waals surface area contributed by atoms with Crippen LogP contribution >= 0.6 is 0 Å². The Hall–Kier alpha value is -0.770. The number of hydrogen-bond acceptors (Lipinski definition) is 3. The molecule has 1 saturated heterocycles. The van der Waals surface area contributed by atoms with E-state index in [9.17, 15) is 4.79 Å². The molecule has 4 heteroatoms. The molecule has 1 N–H and O–H groups in total. The highest BCUT2D eigenvalue weighted by Gasteiger charge is 2.34. The maximum atomic E-state index is 12.0. The van der Waals surface area contributed by atoms with E-state index in [-0.39, 0.29) is 6.09 Å². The SMILES string of the molecule is CCC(NC1CCN(C(=O)OC(C)(C)C)C1)C1CC1. The van der Waals surface area contributed by atoms with Crippen LogP contribution in [-0.4, -0.2) is 41.8 Å². The highest BCUT2D eigenvalue weighted by molar-refractivity contribution is 5.68. The van der Waals surface area contributed by atoms with Crippen LogP contribution in [0.15, 0.2) is 0 Å². The van der Waals surface area contributed by atoms with Gasteiger partial charge in [0.15, 0.2) is 0 Å². The van der Waals surface area contributed by atoms with E-state index in [4.69, 9.17) is 4.74 Å². The molecule has 1 amide bonds. The molecule has 0 aromatic rings. The summed E-state index contributed by atoms with van der Waals surface area (Å²) < 4.78 is 5.42. The molecule has 0 spiro atoms. The smallest absolute Gasteiger partial charge is 0.410 e. The average molecular weight is 268 g/mol. The standard InChI is InChI=1S/C15H28N2O2/c1-5-13(11-6-7-11)16-12-8-9-17(10-12)14(18)19-15(2,3)4/h11-13,16H,5-10H2,1-4H3. The van der Waals surface area contributed by atoms with Crippen molar-refractivity contribution in [3.8, 4) is 0 Å². The third kappa shape index (κ3) is 4.37.